The summed E-state index contributed by atoms with van der Waals surface area (Å²) in [5.74, 6) is -3.49. The molecule has 3 fully saturated rings. The molecule has 11 heteroatoms. The van der Waals surface area contributed by atoms with E-state index >= 15 is 0 Å². The van der Waals surface area contributed by atoms with Crippen LogP contribution in [-0.4, -0.2) is 104 Å². The quantitative estimate of drug-likeness (QED) is 0.293. The molecule has 1 saturated heterocycles. The summed E-state index contributed by atoms with van der Waals surface area (Å²) in [6.45, 7) is 4.11. The Labute approximate surface area is 240 Å². The van der Waals surface area contributed by atoms with Crippen LogP contribution in [0.2, 0.25) is 0 Å². The third-order valence-corrected chi connectivity index (χ3v) is 9.79. The van der Waals surface area contributed by atoms with E-state index in [1.807, 2.05) is 19.9 Å². The number of cyclic esters (lactones) is 1. The molecular formula is C30H43NO10. The molecule has 4 aliphatic rings. The predicted octanol–water partition coefficient (Wildman–Crippen LogP) is 1.73. The van der Waals surface area contributed by atoms with Crippen molar-refractivity contribution < 1.29 is 48.2 Å². The summed E-state index contributed by atoms with van der Waals surface area (Å²) in [5, 5.41) is 22.9. The molecule has 1 spiro atoms. The van der Waals surface area contributed by atoms with E-state index in [2.05, 4.69) is 4.98 Å². The van der Waals surface area contributed by atoms with Crippen molar-refractivity contribution in [2.24, 2.45) is 35.5 Å². The summed E-state index contributed by atoms with van der Waals surface area (Å²) >= 11 is 0. The molecule has 2 aliphatic carbocycles. The van der Waals surface area contributed by atoms with E-state index in [9.17, 15) is 19.8 Å². The molecule has 3 N–H and O–H groups in total. The summed E-state index contributed by atoms with van der Waals surface area (Å²) < 4.78 is 35.3. The number of aliphatic hydroxyl groups excluding tert-OH is 2. The third-order valence-electron chi connectivity index (χ3n) is 9.79. The highest BCUT2D eigenvalue weighted by atomic mass is 16.6. The van der Waals surface area contributed by atoms with E-state index in [0.29, 0.717) is 18.5 Å². The van der Waals surface area contributed by atoms with Crippen LogP contribution in [0.4, 0.5) is 0 Å². The van der Waals surface area contributed by atoms with Crippen molar-refractivity contribution in [1.29, 1.82) is 0 Å². The van der Waals surface area contributed by atoms with Gasteiger partial charge in [-0.2, -0.15) is 0 Å². The zero-order valence-electron chi connectivity index (χ0n) is 24.4. The van der Waals surface area contributed by atoms with Gasteiger partial charge >= 0.3 is 11.9 Å². The maximum atomic E-state index is 13.8. The van der Waals surface area contributed by atoms with Crippen LogP contribution in [0.3, 0.4) is 0 Å². The van der Waals surface area contributed by atoms with Gasteiger partial charge in [0, 0.05) is 51.2 Å². The number of hydrogen-bond acceptors (Lipinski definition) is 10. The fourth-order valence-corrected chi connectivity index (χ4v) is 8.20. The molecule has 11 nitrogen and oxygen atoms in total. The third kappa shape index (κ3) is 5.04. The molecule has 1 aromatic heterocycles. The lowest BCUT2D eigenvalue weighted by molar-refractivity contribution is -0.176. The average Bonchev–Trinajstić information content (AvgIpc) is 3.54. The zero-order valence-corrected chi connectivity index (χ0v) is 24.4. The molecule has 2 saturated carbocycles. The van der Waals surface area contributed by atoms with Gasteiger partial charge in [-0.3, -0.25) is 4.79 Å². The lowest BCUT2D eigenvalue weighted by atomic mass is 9.53. The van der Waals surface area contributed by atoms with Crippen LogP contribution in [0.15, 0.2) is 30.0 Å². The highest BCUT2D eigenvalue weighted by Gasteiger charge is 2.72. The highest BCUT2D eigenvalue weighted by Crippen LogP contribution is 2.64. The summed E-state index contributed by atoms with van der Waals surface area (Å²) in [7, 11) is 4.57. The van der Waals surface area contributed by atoms with E-state index in [-0.39, 0.29) is 43.5 Å². The second-order valence-corrected chi connectivity index (χ2v) is 12.0. The zero-order chi connectivity index (χ0) is 29.5. The van der Waals surface area contributed by atoms with E-state index in [1.165, 1.54) is 14.2 Å². The number of rotatable bonds is 9. The van der Waals surface area contributed by atoms with Crippen molar-refractivity contribution in [2.45, 2.75) is 62.8 Å². The molecule has 12 atom stereocenters. The lowest BCUT2D eigenvalue weighted by Gasteiger charge is -2.51. The molecule has 0 unspecified atom stereocenters. The summed E-state index contributed by atoms with van der Waals surface area (Å²) in [6, 6.07) is 3.36. The van der Waals surface area contributed by atoms with E-state index in [0.717, 1.165) is 5.57 Å². The second kappa shape index (κ2) is 12.1. The van der Waals surface area contributed by atoms with Gasteiger partial charge in [-0.1, -0.05) is 13.0 Å². The fourth-order valence-electron chi connectivity index (χ4n) is 8.20. The number of hydrogen-bond donors (Lipinski definition) is 3. The number of aromatic amines is 1. The van der Waals surface area contributed by atoms with Crippen molar-refractivity contribution in [2.75, 3.05) is 41.2 Å². The molecule has 2 aliphatic heterocycles. The Bertz CT molecular complexity index is 1110. The molecule has 0 amide bonds. The molecular weight excluding hydrogens is 534 g/mol. The topological polar surface area (TPSA) is 146 Å². The van der Waals surface area contributed by atoms with Gasteiger partial charge in [-0.25, -0.2) is 4.79 Å². The Hall–Kier alpha value is -2.28. The van der Waals surface area contributed by atoms with Gasteiger partial charge in [0.1, 0.15) is 24.0 Å². The van der Waals surface area contributed by atoms with E-state index < -0.39 is 59.9 Å². The normalized spacial score (nSPS) is 42.1. The number of aromatic nitrogens is 1. The number of ether oxygens (including phenoxy) is 6. The van der Waals surface area contributed by atoms with E-state index in [4.69, 9.17) is 28.4 Å². The minimum Gasteiger partial charge on any atom is -0.459 e. The largest absolute Gasteiger partial charge is 0.459 e. The fraction of sp³-hybridized carbons (Fsp3) is 0.733. The SMILES string of the molecule is COC[C@@H]1[C@@H](O)[C@@H]2[C@H]3CC[C@@H]4[C@@H](COC)C(=O)O[C@H]([C@H](O)COC)[C@H](C)/C=C(\C)[C@@]24O[C@H]3[C@@H]1OC(=O)c1ccc[nH]1. The molecule has 5 rings (SSSR count). The predicted molar refractivity (Wildman–Crippen MR) is 145 cm³/mol. The Kier molecular flexibility index (Phi) is 8.94. The molecule has 41 heavy (non-hydrogen) atoms. The number of nitrogens with one attached hydrogen (secondary N) is 1. The van der Waals surface area contributed by atoms with Crippen molar-refractivity contribution in [1.82, 2.24) is 4.98 Å². The van der Waals surface area contributed by atoms with Crippen molar-refractivity contribution >= 4 is 11.9 Å². The first kappa shape index (κ1) is 30.2. The van der Waals surface area contributed by atoms with Crippen molar-refractivity contribution in [3.05, 3.63) is 35.7 Å². The standard InChI is InChI=1S/C30H43NO10/c1-15-11-16(2)30-20(18(12-36-3)28(34)39-25(15)22(32)14-38-5)9-8-17-23(30)24(33)19(13-37-4)26(27(17)41-30)40-29(35)21-7-6-10-31-21/h6-7,10-11,15,17-20,22-27,31-33H,8-9,12-14H2,1-5H3/b16-11+/t15-,17-,18-,19-,20-,22-,23+,24-,25+,26-,27-,30+/m1/s1. The van der Waals surface area contributed by atoms with Crippen LogP contribution in [-0.2, 0) is 33.2 Å². The Morgan fingerprint density at radius 1 is 1.20 bits per heavy atom. The maximum Gasteiger partial charge on any atom is 0.355 e. The molecule has 228 valence electrons. The minimum absolute atomic E-state index is 0.00718. The molecule has 3 heterocycles. The number of carbonyl (C=O) groups is 2. The van der Waals surface area contributed by atoms with Gasteiger partial charge < -0.3 is 43.6 Å². The smallest absolute Gasteiger partial charge is 0.355 e. The van der Waals surface area contributed by atoms with Crippen LogP contribution < -0.4 is 0 Å². The van der Waals surface area contributed by atoms with Gasteiger partial charge in [0.2, 0.25) is 0 Å². The average molecular weight is 578 g/mol. The van der Waals surface area contributed by atoms with Crippen LogP contribution >= 0.6 is 0 Å². The van der Waals surface area contributed by atoms with Crippen LogP contribution in [0.25, 0.3) is 0 Å². The van der Waals surface area contributed by atoms with Gasteiger partial charge in [0.25, 0.3) is 0 Å². The summed E-state index contributed by atoms with van der Waals surface area (Å²) in [6.07, 6.45) is 0.848. The number of carbonyl (C=O) groups excluding carboxylic acids is 2. The van der Waals surface area contributed by atoms with Crippen LogP contribution in [0.5, 0.6) is 0 Å². The maximum absolute atomic E-state index is 13.8. The van der Waals surface area contributed by atoms with Crippen LogP contribution in [0, 0.1) is 35.5 Å². The second-order valence-electron chi connectivity index (χ2n) is 12.0. The van der Waals surface area contributed by atoms with Gasteiger partial charge in [0.05, 0.1) is 43.5 Å². The first-order valence-corrected chi connectivity index (χ1v) is 14.4. The van der Waals surface area contributed by atoms with Gasteiger partial charge in [0.15, 0.2) is 0 Å². The van der Waals surface area contributed by atoms with Crippen molar-refractivity contribution in [3.63, 3.8) is 0 Å². The highest BCUT2D eigenvalue weighted by molar-refractivity contribution is 5.87. The number of aliphatic hydroxyl groups is 2. The van der Waals surface area contributed by atoms with Gasteiger partial charge in [-0.05, 0) is 43.4 Å². The van der Waals surface area contributed by atoms with Gasteiger partial charge in [-0.15, -0.1) is 0 Å². The summed E-state index contributed by atoms with van der Waals surface area (Å²) in [5.41, 5.74) is 0.128. The first-order valence-electron chi connectivity index (χ1n) is 14.4. The minimum atomic E-state index is -1.04. The summed E-state index contributed by atoms with van der Waals surface area (Å²) in [4.78, 5) is 29.8. The number of methoxy groups -OCH3 is 3. The van der Waals surface area contributed by atoms with Crippen molar-refractivity contribution in [3.8, 4) is 0 Å². The Balaban J connectivity index is 1.60. The first-order chi connectivity index (χ1) is 19.7. The number of esters is 2. The molecule has 1 aromatic rings. The number of H-pyrrole nitrogens is 1. The lowest BCUT2D eigenvalue weighted by Crippen LogP contribution is -2.60. The molecule has 0 radical (unpaired) electrons. The van der Waals surface area contributed by atoms with E-state index in [1.54, 1.807) is 25.4 Å². The molecule has 0 aromatic carbocycles. The van der Waals surface area contributed by atoms with Crippen LogP contribution in [0.1, 0.15) is 37.2 Å². The Morgan fingerprint density at radius 2 is 1.95 bits per heavy atom. The molecule has 4 bridgehead atoms. The Morgan fingerprint density at radius 3 is 2.61 bits per heavy atom. The monoisotopic (exact) mass is 577 g/mol.